The fourth-order valence-corrected chi connectivity index (χ4v) is 3.86. The second-order valence-corrected chi connectivity index (χ2v) is 6.49. The summed E-state index contributed by atoms with van der Waals surface area (Å²) in [5.74, 6) is 1.07. The molecule has 23 heavy (non-hydrogen) atoms. The molecule has 4 rings (SSSR count). The van der Waals surface area contributed by atoms with Crippen molar-refractivity contribution in [3.8, 4) is 5.75 Å². The van der Waals surface area contributed by atoms with E-state index in [1.807, 2.05) is 0 Å². The van der Waals surface area contributed by atoms with Crippen molar-refractivity contribution in [2.75, 3.05) is 31.1 Å². The summed E-state index contributed by atoms with van der Waals surface area (Å²) in [6, 6.07) is 13.0. The van der Waals surface area contributed by atoms with Gasteiger partial charge in [-0.2, -0.15) is 0 Å². The minimum absolute atomic E-state index is 0.774. The van der Waals surface area contributed by atoms with Gasteiger partial charge in [-0.05, 0) is 61.2 Å². The molecular weight excluding hydrogens is 284 g/mol. The lowest BCUT2D eigenvalue weighted by molar-refractivity contribution is 0.306. The van der Waals surface area contributed by atoms with E-state index in [9.17, 15) is 0 Å². The predicted molar refractivity (Wildman–Crippen MR) is 94.4 cm³/mol. The largest absolute Gasteiger partial charge is 0.490 e. The zero-order valence-corrected chi connectivity index (χ0v) is 13.8. The van der Waals surface area contributed by atoms with Gasteiger partial charge in [0.25, 0.3) is 0 Å². The number of nitrogens with one attached hydrogen (secondary N) is 1. The van der Waals surface area contributed by atoms with Gasteiger partial charge in [-0.25, -0.2) is 0 Å². The Morgan fingerprint density at radius 3 is 2.83 bits per heavy atom. The van der Waals surface area contributed by atoms with E-state index in [1.165, 1.54) is 27.9 Å². The molecule has 0 fully saturated rings. The minimum Gasteiger partial charge on any atom is -0.490 e. The average molecular weight is 308 g/mol. The van der Waals surface area contributed by atoms with Crippen molar-refractivity contribution in [1.29, 1.82) is 0 Å². The average Bonchev–Trinajstić information content (AvgIpc) is 2.82. The van der Waals surface area contributed by atoms with Gasteiger partial charge in [-0.15, -0.1) is 0 Å². The minimum atomic E-state index is 0.774. The van der Waals surface area contributed by atoms with Gasteiger partial charge in [-0.3, -0.25) is 0 Å². The molecule has 0 aromatic heterocycles. The lowest BCUT2D eigenvalue weighted by Crippen LogP contribution is -2.33. The molecule has 0 bridgehead atoms. The lowest BCUT2D eigenvalue weighted by atomic mass is 9.94. The Bertz CT molecular complexity index is 697. The smallest absolute Gasteiger partial charge is 0.143 e. The number of benzene rings is 2. The number of fused-ring (bicyclic) bond motifs is 2. The Morgan fingerprint density at radius 1 is 1.13 bits per heavy atom. The van der Waals surface area contributed by atoms with Crippen molar-refractivity contribution < 1.29 is 4.74 Å². The van der Waals surface area contributed by atoms with Gasteiger partial charge in [-0.1, -0.05) is 30.3 Å². The second kappa shape index (κ2) is 6.25. The maximum Gasteiger partial charge on any atom is 0.143 e. The number of rotatable bonds is 2. The maximum absolute atomic E-state index is 6.02. The van der Waals surface area contributed by atoms with E-state index in [0.717, 1.165) is 51.4 Å². The van der Waals surface area contributed by atoms with Crippen LogP contribution in [0.3, 0.4) is 0 Å². The van der Waals surface area contributed by atoms with Crippen LogP contribution in [0.15, 0.2) is 36.4 Å². The monoisotopic (exact) mass is 308 g/mol. The summed E-state index contributed by atoms with van der Waals surface area (Å²) in [6.45, 7) is 7.10. The fraction of sp³-hybridized carbons (Fsp3) is 0.400. The van der Waals surface area contributed by atoms with Gasteiger partial charge < -0.3 is 15.0 Å². The third-order valence-corrected chi connectivity index (χ3v) is 5.01. The third kappa shape index (κ3) is 2.81. The Kier molecular flexibility index (Phi) is 3.96. The first-order chi connectivity index (χ1) is 11.3. The molecule has 0 unspecified atom stereocenters. The molecule has 2 aromatic carbocycles. The Balaban J connectivity index is 1.73. The molecule has 2 aromatic rings. The van der Waals surface area contributed by atoms with Gasteiger partial charge in [0.05, 0.1) is 12.2 Å². The van der Waals surface area contributed by atoms with Crippen LogP contribution in [-0.2, 0) is 19.4 Å². The number of hydrogen-bond acceptors (Lipinski definition) is 3. The molecule has 0 spiro atoms. The van der Waals surface area contributed by atoms with Crippen molar-refractivity contribution in [3.05, 3.63) is 58.7 Å². The summed E-state index contributed by atoms with van der Waals surface area (Å²) >= 11 is 0. The van der Waals surface area contributed by atoms with Crippen LogP contribution >= 0.6 is 0 Å². The van der Waals surface area contributed by atoms with Crippen LogP contribution < -0.4 is 15.0 Å². The van der Waals surface area contributed by atoms with Crippen LogP contribution in [0.25, 0.3) is 0 Å². The topological polar surface area (TPSA) is 24.5 Å². The lowest BCUT2D eigenvalue weighted by Gasteiger charge is -2.34. The summed E-state index contributed by atoms with van der Waals surface area (Å²) < 4.78 is 6.02. The van der Waals surface area contributed by atoms with Gasteiger partial charge in [0, 0.05) is 6.54 Å². The van der Waals surface area contributed by atoms with E-state index in [2.05, 4.69) is 53.5 Å². The van der Waals surface area contributed by atoms with E-state index >= 15 is 0 Å². The van der Waals surface area contributed by atoms with Gasteiger partial charge in [0.1, 0.15) is 12.4 Å². The standard InChI is InChI=1S/C20H24N2O/c1-15-18-8-10-21-9-7-17(18)13-19-20(15)22(11-12-23-19)14-16-5-3-2-4-6-16/h2-6,13,21H,7-12,14H2,1H3. The molecule has 2 heterocycles. The van der Waals surface area contributed by atoms with Gasteiger partial charge in [0.15, 0.2) is 0 Å². The van der Waals surface area contributed by atoms with Gasteiger partial charge in [0.2, 0.25) is 0 Å². The highest BCUT2D eigenvalue weighted by molar-refractivity contribution is 5.69. The van der Waals surface area contributed by atoms with Crippen LogP contribution in [0.2, 0.25) is 0 Å². The zero-order valence-electron chi connectivity index (χ0n) is 13.8. The molecule has 0 saturated carbocycles. The van der Waals surface area contributed by atoms with E-state index in [4.69, 9.17) is 4.74 Å². The highest BCUT2D eigenvalue weighted by Crippen LogP contribution is 2.40. The van der Waals surface area contributed by atoms with Crippen molar-refractivity contribution in [1.82, 2.24) is 5.32 Å². The number of ether oxygens (including phenoxy) is 1. The molecule has 0 saturated heterocycles. The van der Waals surface area contributed by atoms with Crippen molar-refractivity contribution in [2.24, 2.45) is 0 Å². The van der Waals surface area contributed by atoms with E-state index < -0.39 is 0 Å². The van der Waals surface area contributed by atoms with Crippen LogP contribution in [0.4, 0.5) is 5.69 Å². The summed E-state index contributed by atoms with van der Waals surface area (Å²) in [5, 5.41) is 3.51. The number of anilines is 1. The molecule has 0 aliphatic carbocycles. The molecule has 3 nitrogen and oxygen atoms in total. The van der Waals surface area contributed by atoms with Crippen LogP contribution in [-0.4, -0.2) is 26.2 Å². The van der Waals surface area contributed by atoms with E-state index in [0.29, 0.717) is 0 Å². The first-order valence-corrected chi connectivity index (χ1v) is 8.60. The first-order valence-electron chi connectivity index (χ1n) is 8.60. The van der Waals surface area contributed by atoms with Gasteiger partial charge >= 0.3 is 0 Å². The second-order valence-electron chi connectivity index (χ2n) is 6.49. The molecule has 2 aliphatic heterocycles. The Morgan fingerprint density at radius 2 is 1.96 bits per heavy atom. The molecular formula is C20H24N2O. The summed E-state index contributed by atoms with van der Waals surface area (Å²) in [6.07, 6.45) is 2.22. The highest BCUT2D eigenvalue weighted by atomic mass is 16.5. The van der Waals surface area contributed by atoms with E-state index in [-0.39, 0.29) is 0 Å². The van der Waals surface area contributed by atoms with Crippen LogP contribution in [0.5, 0.6) is 5.75 Å². The molecule has 120 valence electrons. The predicted octanol–water partition coefficient (Wildman–Crippen LogP) is 3.08. The van der Waals surface area contributed by atoms with Crippen LogP contribution in [0.1, 0.15) is 22.3 Å². The SMILES string of the molecule is Cc1c2c(cc3c1N(Cc1ccccc1)CCO3)CCNCC2. The summed E-state index contributed by atoms with van der Waals surface area (Å²) in [4.78, 5) is 2.49. The Hall–Kier alpha value is -2.00. The fourth-order valence-electron chi connectivity index (χ4n) is 3.86. The third-order valence-electron chi connectivity index (χ3n) is 5.01. The molecule has 0 atom stereocenters. The number of nitrogens with zero attached hydrogens (tertiary/aromatic N) is 1. The zero-order chi connectivity index (χ0) is 15.6. The summed E-state index contributed by atoms with van der Waals surface area (Å²) in [7, 11) is 0. The maximum atomic E-state index is 6.02. The molecule has 0 amide bonds. The summed E-state index contributed by atoms with van der Waals surface area (Å²) in [5.41, 5.74) is 7.07. The molecule has 2 aliphatic rings. The highest BCUT2D eigenvalue weighted by Gasteiger charge is 2.24. The number of hydrogen-bond donors (Lipinski definition) is 1. The Labute approximate surface area is 138 Å². The first kappa shape index (κ1) is 14.6. The van der Waals surface area contributed by atoms with Crippen molar-refractivity contribution in [3.63, 3.8) is 0 Å². The van der Waals surface area contributed by atoms with E-state index in [1.54, 1.807) is 0 Å². The van der Waals surface area contributed by atoms with Crippen molar-refractivity contribution >= 4 is 5.69 Å². The quantitative estimate of drug-likeness (QED) is 0.923. The molecule has 3 heteroatoms. The molecule has 0 radical (unpaired) electrons. The molecule has 1 N–H and O–H groups in total. The van der Waals surface area contributed by atoms with Crippen LogP contribution in [0, 0.1) is 6.92 Å². The van der Waals surface area contributed by atoms with Crippen molar-refractivity contribution in [2.45, 2.75) is 26.3 Å². The normalized spacial score (nSPS) is 17.0.